The van der Waals surface area contributed by atoms with Gasteiger partial charge in [-0.3, -0.25) is 53.3 Å². The third-order valence-corrected chi connectivity index (χ3v) is 17.0. The number of cyclic esters (lactones) is 2. The smallest absolute Gasteiger partial charge is 0.320 e. The highest BCUT2D eigenvalue weighted by atomic mass is 79.9. The number of nitrogens with one attached hydrogen (secondary N) is 1. The van der Waals surface area contributed by atoms with Crippen LogP contribution in [0.15, 0.2) is 121 Å². The van der Waals surface area contributed by atoms with Gasteiger partial charge in [0.15, 0.2) is 0 Å². The summed E-state index contributed by atoms with van der Waals surface area (Å²) in [5.74, 6) is -3.88. The van der Waals surface area contributed by atoms with E-state index >= 15 is 0 Å². The predicted octanol–water partition coefficient (Wildman–Crippen LogP) is 8.59. The van der Waals surface area contributed by atoms with Crippen LogP contribution in [0.5, 0.6) is 0 Å². The van der Waals surface area contributed by atoms with Crippen molar-refractivity contribution in [2.45, 2.75) is 118 Å². The zero-order chi connectivity index (χ0) is 62.9. The second-order valence-corrected chi connectivity index (χ2v) is 23.3. The van der Waals surface area contributed by atoms with Crippen LogP contribution >= 0.6 is 15.9 Å². The van der Waals surface area contributed by atoms with E-state index in [1.807, 2.05) is 116 Å². The van der Waals surface area contributed by atoms with Gasteiger partial charge in [-0.2, -0.15) is 0 Å². The minimum absolute atomic E-state index is 0.0485. The maximum atomic E-state index is 12.3. The van der Waals surface area contributed by atoms with Gasteiger partial charge in [-0.15, -0.1) is 0 Å². The van der Waals surface area contributed by atoms with E-state index in [0.717, 1.165) is 35.1 Å². The number of halogens is 1. The molecule has 87 heavy (non-hydrogen) atoms. The van der Waals surface area contributed by atoms with Crippen molar-refractivity contribution in [1.29, 1.82) is 0 Å². The Hall–Kier alpha value is -8.32. The summed E-state index contributed by atoms with van der Waals surface area (Å²) >= 11 is 2.94. The summed E-state index contributed by atoms with van der Waals surface area (Å²) < 4.78 is 24.4. The van der Waals surface area contributed by atoms with Crippen LogP contribution in [0.3, 0.4) is 0 Å². The van der Waals surface area contributed by atoms with Crippen molar-refractivity contribution < 1.29 is 81.8 Å². The Morgan fingerprint density at radius 2 is 0.862 bits per heavy atom. The molecule has 2 fully saturated rings. The second-order valence-electron chi connectivity index (χ2n) is 22.7. The van der Waals surface area contributed by atoms with Crippen LogP contribution in [0.4, 0.5) is 0 Å². The normalized spacial score (nSPS) is 17.3. The number of carboxylic acid groups (broad SMARTS) is 2. The highest BCUT2D eigenvalue weighted by Gasteiger charge is 2.53. The van der Waals surface area contributed by atoms with Crippen LogP contribution in [0, 0.1) is 27.6 Å². The number of carbonyl (C=O) groups excluding carboxylic acids is 8. The molecule has 5 aromatic carbocycles. The summed E-state index contributed by atoms with van der Waals surface area (Å²) in [6, 6.07) is 39.5. The molecule has 0 atom stereocenters. The number of hydrogen-bond acceptors (Lipinski definition) is 15. The summed E-state index contributed by atoms with van der Waals surface area (Å²) in [7, 11) is 0. The zero-order valence-corrected chi connectivity index (χ0v) is 51.0. The van der Waals surface area contributed by atoms with E-state index in [2.05, 4.69) is 42.9 Å². The number of aliphatic carboxylic acids is 2. The monoisotopic (exact) mass is 1260 g/mol. The molecule has 3 N–H and O–H groups in total. The van der Waals surface area contributed by atoms with Gasteiger partial charge in [-0.1, -0.05) is 137 Å². The first kappa shape index (κ1) is 66.2. The van der Waals surface area contributed by atoms with Crippen LogP contribution in [0.25, 0.3) is 0 Å². The number of carboxylic acids is 2. The molecule has 460 valence electrons. The summed E-state index contributed by atoms with van der Waals surface area (Å²) in [5, 5.41) is 20.7. The molecule has 0 saturated carbocycles. The lowest BCUT2D eigenvalue weighted by Crippen LogP contribution is -2.36. The van der Waals surface area contributed by atoms with Gasteiger partial charge in [0.1, 0.15) is 5.33 Å². The summed E-state index contributed by atoms with van der Waals surface area (Å²) in [6.45, 7) is 8.75. The van der Waals surface area contributed by atoms with Crippen LogP contribution in [0.1, 0.15) is 109 Å². The summed E-state index contributed by atoms with van der Waals surface area (Å²) in [4.78, 5) is 114. The number of rotatable bonds is 12. The maximum absolute atomic E-state index is 12.3. The molecule has 19 heteroatoms. The molecule has 7 aliphatic rings. The molecule has 2 amide bonds. The van der Waals surface area contributed by atoms with Gasteiger partial charge in [-0.05, 0) is 148 Å². The molecule has 0 aromatic heterocycles. The van der Waals surface area contributed by atoms with Crippen molar-refractivity contribution in [2.75, 3.05) is 31.8 Å². The Kier molecular flexibility index (Phi) is 22.7. The van der Waals surface area contributed by atoms with Crippen LogP contribution < -0.4 is 5.32 Å². The lowest BCUT2D eigenvalue weighted by Gasteiger charge is -2.25. The van der Waals surface area contributed by atoms with Crippen LogP contribution in [-0.4, -0.2) is 102 Å². The number of ether oxygens (including phenoxy) is 5. The molecule has 0 unspecified atom stereocenters. The van der Waals surface area contributed by atoms with Crippen molar-refractivity contribution in [1.82, 2.24) is 5.32 Å². The fourth-order valence-electron chi connectivity index (χ4n) is 12.6. The molecule has 12 rings (SSSR count). The van der Waals surface area contributed by atoms with Crippen molar-refractivity contribution in [3.05, 3.63) is 177 Å². The van der Waals surface area contributed by atoms with Crippen molar-refractivity contribution in [3.63, 3.8) is 0 Å². The van der Waals surface area contributed by atoms with E-state index in [0.29, 0.717) is 89.5 Å². The Bertz CT molecular complexity index is 3170. The van der Waals surface area contributed by atoms with Gasteiger partial charge in [0.05, 0.1) is 73.3 Å². The topological polar surface area (TPSA) is 269 Å². The van der Waals surface area contributed by atoms with Crippen molar-refractivity contribution in [2.24, 2.45) is 27.6 Å². The lowest BCUT2D eigenvalue weighted by molar-refractivity contribution is -0.161. The highest BCUT2D eigenvalue weighted by Crippen LogP contribution is 2.46. The van der Waals surface area contributed by atoms with Crippen LogP contribution in [-0.2, 0) is 136 Å². The number of esters is 6. The molecular weight excluding hydrogens is 1180 g/mol. The largest absolute Gasteiger partial charge is 0.481 e. The second kappa shape index (κ2) is 29.9. The quantitative estimate of drug-likeness (QED) is 0.0347. The molecule has 2 heterocycles. The number of imide groups is 1. The Morgan fingerprint density at radius 1 is 0.483 bits per heavy atom. The van der Waals surface area contributed by atoms with E-state index < -0.39 is 33.6 Å². The SMILES string of the molecule is CCOC(=O)C1Cc2ccccc2C1.CCOC(=O)CBr.CCOC(=O)CC1(C(=O)OCC)Cc2ccccc2C1.O=C(O)CC1(C(=O)O)Cc2ccccc2C1.O=C1CC2(Cc3ccccc3C2)C(=O)N1.O=C1CC2(Cc3ccccc3C2)C(=O)O1. The van der Waals surface area contributed by atoms with Gasteiger partial charge in [-0.25, -0.2) is 0 Å². The summed E-state index contributed by atoms with van der Waals surface area (Å²) in [5.41, 5.74) is 8.48. The average Bonchev–Trinajstić information content (AvgIpc) is 1.78. The number of carbonyl (C=O) groups is 10. The molecular formula is C68H74BrNO17. The van der Waals surface area contributed by atoms with Crippen LogP contribution in [0.2, 0.25) is 0 Å². The van der Waals surface area contributed by atoms with Gasteiger partial charge in [0.25, 0.3) is 0 Å². The van der Waals surface area contributed by atoms with Gasteiger partial charge in [0.2, 0.25) is 11.8 Å². The molecule has 2 saturated heterocycles. The number of alkyl halides is 1. The highest BCUT2D eigenvalue weighted by molar-refractivity contribution is 9.09. The minimum atomic E-state index is -1.16. The van der Waals surface area contributed by atoms with E-state index in [9.17, 15) is 53.1 Å². The molecule has 18 nitrogen and oxygen atoms in total. The third-order valence-electron chi connectivity index (χ3n) is 16.6. The van der Waals surface area contributed by atoms with Crippen molar-refractivity contribution in [3.8, 4) is 0 Å². The molecule has 5 aromatic rings. The van der Waals surface area contributed by atoms with Gasteiger partial charge >= 0.3 is 47.8 Å². The van der Waals surface area contributed by atoms with E-state index in [1.54, 1.807) is 20.8 Å². The van der Waals surface area contributed by atoms with Gasteiger partial charge in [0, 0.05) is 6.42 Å². The summed E-state index contributed by atoms with van der Waals surface area (Å²) in [6.07, 6.45) is 6.44. The lowest BCUT2D eigenvalue weighted by atomic mass is 9.81. The zero-order valence-electron chi connectivity index (χ0n) is 49.5. The molecule has 2 aliphatic heterocycles. The predicted molar refractivity (Wildman–Crippen MR) is 321 cm³/mol. The van der Waals surface area contributed by atoms with Gasteiger partial charge < -0.3 is 33.9 Å². The molecule has 0 radical (unpaired) electrons. The van der Waals surface area contributed by atoms with E-state index in [1.165, 1.54) is 33.4 Å². The molecule has 0 bridgehead atoms. The third kappa shape index (κ3) is 16.4. The van der Waals surface area contributed by atoms with E-state index in [-0.39, 0.29) is 72.8 Å². The molecule has 5 aliphatic carbocycles. The molecule has 2 spiro atoms. The Morgan fingerprint density at radius 3 is 1.20 bits per heavy atom. The first-order valence-corrected chi connectivity index (χ1v) is 30.4. The fourth-order valence-corrected chi connectivity index (χ4v) is 12.7. The number of fused-ring (bicyclic) bond motifs is 5. The first-order chi connectivity index (χ1) is 41.6. The number of benzene rings is 5. The fraction of sp³-hybridized carbons (Fsp3) is 0.412. The first-order valence-electron chi connectivity index (χ1n) is 29.3. The minimum Gasteiger partial charge on any atom is -0.481 e. The van der Waals surface area contributed by atoms with E-state index in [4.69, 9.17) is 19.3 Å². The number of amides is 2. The number of hydrogen-bond donors (Lipinski definition) is 3. The Labute approximate surface area is 514 Å². The van der Waals surface area contributed by atoms with Crippen molar-refractivity contribution >= 4 is 75.5 Å². The maximum Gasteiger partial charge on any atom is 0.320 e. The standard InChI is InChI=1S/C16H20O4.C12H11NO2.C12H12O4.C12H10O3.C12H14O2.C4H7BrO2/c1-3-19-14(17)11-16(15(18)20-4-2)9-12-7-5-6-8-13(12)10-16;14-10-7-12(11(15)13-10)5-8-3-1-2-4-9(8)6-12;13-10(14)7-12(11(15)16)5-8-3-1-2-4-9(8)6-12;13-10-7-12(11(14)15-10)5-8-3-1-2-4-9(8)6-12;1-2-14-12(13)11-7-9-5-3-4-6-10(9)8-11;1-2-7-4(6)3-5/h5-8H,3-4,9-11H2,1-2H3;1-4H,5-7H2,(H,13,14,15);1-4H,5-7H2,(H,13,14)(H,15,16);1-4H,5-7H2;3-6,11H,2,7-8H2,1H3;2-3H2,1H3. The Balaban J connectivity index is 0.000000152. The average molecular weight is 1260 g/mol.